The first-order valence-corrected chi connectivity index (χ1v) is 9.72. The second-order valence-electron chi connectivity index (χ2n) is 6.55. The largest absolute Gasteiger partial charge is 0.494 e. The number of carbonyl (C=O) groups excluding carboxylic acids is 2. The normalized spacial score (nSPS) is 12.7. The van der Waals surface area contributed by atoms with Crippen molar-refractivity contribution in [2.75, 3.05) is 24.5 Å². The highest BCUT2D eigenvalue weighted by Gasteiger charge is 2.39. The number of hydrogen-bond acceptors (Lipinski definition) is 6. The van der Waals surface area contributed by atoms with Crippen LogP contribution < -0.4 is 14.4 Å². The van der Waals surface area contributed by atoms with Crippen LogP contribution in [0.1, 0.15) is 51.2 Å². The molecule has 3 rings (SSSR count). The summed E-state index contributed by atoms with van der Waals surface area (Å²) in [6, 6.07) is 8.36. The number of halogens is 1. The van der Waals surface area contributed by atoms with Crippen LogP contribution in [0.4, 0.5) is 5.69 Å². The third kappa shape index (κ3) is 4.03. The van der Waals surface area contributed by atoms with E-state index in [4.69, 9.17) is 26.3 Å². The summed E-state index contributed by atoms with van der Waals surface area (Å²) in [7, 11) is 1.37. The van der Waals surface area contributed by atoms with Crippen molar-refractivity contribution in [3.63, 3.8) is 0 Å². The van der Waals surface area contributed by atoms with E-state index in [0.29, 0.717) is 23.8 Å². The first-order chi connectivity index (χ1) is 14.0. The number of imide groups is 1. The predicted molar refractivity (Wildman–Crippen MR) is 108 cm³/mol. The minimum Gasteiger partial charge on any atom is -0.494 e. The molecule has 0 bridgehead atoms. The van der Waals surface area contributed by atoms with Crippen molar-refractivity contribution in [3.05, 3.63) is 46.6 Å². The molecule has 150 valence electrons. The molecule has 0 fully saturated rings. The molecule has 0 unspecified atom stereocenters. The van der Waals surface area contributed by atoms with Crippen molar-refractivity contribution in [1.29, 1.82) is 5.26 Å². The third-order valence-corrected chi connectivity index (χ3v) is 4.87. The molecule has 2 amide bonds. The van der Waals surface area contributed by atoms with Gasteiger partial charge in [0.15, 0.2) is 0 Å². The van der Waals surface area contributed by atoms with Gasteiger partial charge in [0.2, 0.25) is 5.88 Å². The molecule has 0 saturated heterocycles. The molecule has 2 aromatic rings. The molecule has 0 aliphatic carbocycles. The van der Waals surface area contributed by atoms with Gasteiger partial charge in [-0.2, -0.15) is 5.26 Å². The number of alkyl halides is 1. The number of aromatic nitrogens is 1. The molecule has 0 radical (unpaired) electrons. The number of nitrogens with zero attached hydrogens (tertiary/aromatic N) is 3. The number of carbonyl (C=O) groups is 2. The lowest BCUT2D eigenvalue weighted by Crippen LogP contribution is -2.30. The van der Waals surface area contributed by atoms with E-state index < -0.39 is 11.8 Å². The Balaban J connectivity index is 1.87. The number of nitriles is 1. The van der Waals surface area contributed by atoms with Gasteiger partial charge in [-0.1, -0.05) is 0 Å². The summed E-state index contributed by atoms with van der Waals surface area (Å²) in [6.07, 6.45) is 2.75. The fourth-order valence-electron chi connectivity index (χ4n) is 3.10. The zero-order valence-electron chi connectivity index (χ0n) is 16.2. The molecule has 0 atom stereocenters. The Kier molecular flexibility index (Phi) is 6.35. The van der Waals surface area contributed by atoms with Gasteiger partial charge in [0.1, 0.15) is 23.2 Å². The van der Waals surface area contributed by atoms with Crippen LogP contribution in [0.3, 0.4) is 0 Å². The lowest BCUT2D eigenvalue weighted by molar-refractivity contribution is 0.0925. The average molecular weight is 414 g/mol. The van der Waals surface area contributed by atoms with Crippen LogP contribution in [-0.4, -0.2) is 36.4 Å². The molecule has 0 N–H and O–H groups in total. The van der Waals surface area contributed by atoms with Crippen LogP contribution >= 0.6 is 11.6 Å². The summed E-state index contributed by atoms with van der Waals surface area (Å²) in [6.45, 7) is 2.19. The number of methoxy groups -OCH3 is 1. The monoisotopic (exact) mass is 413 g/mol. The molecular weight excluding hydrogens is 394 g/mol. The molecule has 8 heteroatoms. The Morgan fingerprint density at radius 1 is 1.14 bits per heavy atom. The van der Waals surface area contributed by atoms with E-state index in [0.717, 1.165) is 24.2 Å². The molecule has 2 heterocycles. The number of amides is 2. The van der Waals surface area contributed by atoms with Crippen molar-refractivity contribution < 1.29 is 19.1 Å². The summed E-state index contributed by atoms with van der Waals surface area (Å²) in [4.78, 5) is 31.0. The van der Waals surface area contributed by atoms with Gasteiger partial charge in [-0.15, -0.1) is 11.6 Å². The maximum atomic E-state index is 13.0. The van der Waals surface area contributed by atoms with Gasteiger partial charge >= 0.3 is 0 Å². The molecule has 1 aromatic carbocycles. The number of benzene rings is 1. The highest BCUT2D eigenvalue weighted by molar-refractivity contribution is 6.34. The minimum absolute atomic E-state index is 0.0393. The van der Waals surface area contributed by atoms with Gasteiger partial charge in [-0.25, -0.2) is 9.88 Å². The van der Waals surface area contributed by atoms with Crippen molar-refractivity contribution in [2.45, 2.75) is 26.2 Å². The number of fused-ring (bicyclic) bond motifs is 1. The van der Waals surface area contributed by atoms with E-state index in [1.54, 1.807) is 31.2 Å². The maximum absolute atomic E-state index is 13.0. The van der Waals surface area contributed by atoms with Gasteiger partial charge in [0.25, 0.3) is 11.8 Å². The Morgan fingerprint density at radius 2 is 1.90 bits per heavy atom. The zero-order chi connectivity index (χ0) is 21.0. The molecule has 1 aromatic heterocycles. The second kappa shape index (κ2) is 8.93. The zero-order valence-corrected chi connectivity index (χ0v) is 17.0. The van der Waals surface area contributed by atoms with Gasteiger partial charge in [-0.05, 0) is 56.0 Å². The molecule has 0 saturated carbocycles. The number of pyridine rings is 1. The average Bonchev–Trinajstić information content (AvgIpc) is 2.97. The first-order valence-electron chi connectivity index (χ1n) is 9.19. The van der Waals surface area contributed by atoms with Crippen molar-refractivity contribution >= 4 is 29.1 Å². The summed E-state index contributed by atoms with van der Waals surface area (Å²) in [5, 5.41) is 9.15. The topological polar surface area (TPSA) is 92.5 Å². The second-order valence-corrected chi connectivity index (χ2v) is 6.92. The van der Waals surface area contributed by atoms with Gasteiger partial charge in [-0.3, -0.25) is 9.59 Å². The third-order valence-electron chi connectivity index (χ3n) is 4.60. The van der Waals surface area contributed by atoms with Crippen LogP contribution in [-0.2, 0) is 0 Å². The first kappa shape index (κ1) is 20.6. The minimum atomic E-state index is -0.484. The number of aryl methyl sites for hydroxylation is 1. The van der Waals surface area contributed by atoms with Crippen molar-refractivity contribution in [2.24, 2.45) is 0 Å². The van der Waals surface area contributed by atoms with Crippen LogP contribution in [0, 0.1) is 18.3 Å². The van der Waals surface area contributed by atoms with E-state index in [9.17, 15) is 9.59 Å². The van der Waals surface area contributed by atoms with Crippen molar-refractivity contribution in [3.8, 4) is 17.7 Å². The summed E-state index contributed by atoms with van der Waals surface area (Å²) < 4.78 is 10.9. The van der Waals surface area contributed by atoms with E-state index in [1.165, 1.54) is 7.11 Å². The SMILES string of the molecule is COc1nc(C#N)c(C)cc1N1C(=O)c2ccc(OCCCCCCl)cc2C1=O. The van der Waals surface area contributed by atoms with E-state index >= 15 is 0 Å². The molecular formula is C21H20ClN3O4. The smallest absolute Gasteiger partial charge is 0.266 e. The quantitative estimate of drug-likeness (QED) is 0.370. The van der Waals surface area contributed by atoms with Gasteiger partial charge in [0.05, 0.1) is 24.8 Å². The van der Waals surface area contributed by atoms with Gasteiger partial charge in [0, 0.05) is 5.88 Å². The van der Waals surface area contributed by atoms with E-state index in [1.807, 2.05) is 6.07 Å². The van der Waals surface area contributed by atoms with Crippen molar-refractivity contribution in [1.82, 2.24) is 4.98 Å². The maximum Gasteiger partial charge on any atom is 0.266 e. The Bertz CT molecular complexity index is 1000. The van der Waals surface area contributed by atoms with E-state index in [-0.39, 0.29) is 28.4 Å². The Hall–Kier alpha value is -3.11. The fraction of sp³-hybridized carbons (Fsp3) is 0.333. The van der Waals surface area contributed by atoms with Crippen LogP contribution in [0.15, 0.2) is 24.3 Å². The molecule has 7 nitrogen and oxygen atoms in total. The fourth-order valence-corrected chi connectivity index (χ4v) is 3.29. The number of ether oxygens (including phenoxy) is 2. The number of anilines is 1. The highest BCUT2D eigenvalue weighted by atomic mass is 35.5. The Morgan fingerprint density at radius 3 is 2.59 bits per heavy atom. The highest BCUT2D eigenvalue weighted by Crippen LogP contribution is 2.36. The van der Waals surface area contributed by atoms with Gasteiger partial charge < -0.3 is 9.47 Å². The summed E-state index contributed by atoms with van der Waals surface area (Å²) >= 11 is 5.66. The molecule has 29 heavy (non-hydrogen) atoms. The summed E-state index contributed by atoms with van der Waals surface area (Å²) in [5.41, 5.74) is 1.47. The molecule has 1 aliphatic rings. The molecule has 0 spiro atoms. The predicted octanol–water partition coefficient (Wildman–Crippen LogP) is 3.86. The van der Waals surface area contributed by atoms with Crippen LogP contribution in [0.25, 0.3) is 0 Å². The van der Waals surface area contributed by atoms with Crippen LogP contribution in [0.5, 0.6) is 11.6 Å². The lowest BCUT2D eigenvalue weighted by atomic mass is 10.1. The van der Waals surface area contributed by atoms with E-state index in [2.05, 4.69) is 4.98 Å². The van der Waals surface area contributed by atoms with Crippen LogP contribution in [0.2, 0.25) is 0 Å². The molecule has 1 aliphatic heterocycles. The Labute approximate surface area is 173 Å². The lowest BCUT2D eigenvalue weighted by Gasteiger charge is -2.17. The number of hydrogen-bond donors (Lipinski definition) is 0. The number of rotatable bonds is 8. The summed E-state index contributed by atoms with van der Waals surface area (Å²) in [5.74, 6) is 0.235. The number of unbranched alkanes of at least 4 members (excludes halogenated alkanes) is 2. The standard InChI is InChI=1S/C21H20ClN3O4/c1-13-10-18(19(28-2)24-17(13)12-23)25-20(26)15-7-6-14(11-16(15)21(25)27)29-9-5-3-4-8-22/h6-7,10-11H,3-5,8-9H2,1-2H3.